The highest BCUT2D eigenvalue weighted by atomic mass is 32.2. The Labute approximate surface area is 137 Å². The zero-order valence-electron chi connectivity index (χ0n) is 11.7. The molecule has 1 heterocycles. The molecular weight excluding hydrogens is 332 g/mol. The third-order valence-corrected chi connectivity index (χ3v) is 5.34. The minimum Gasteiger partial charge on any atom is -0.275 e. The molecule has 0 amide bonds. The number of H-pyrrole nitrogens is 1. The topological polar surface area (TPSA) is 91.5 Å². The second-order valence-corrected chi connectivity index (χ2v) is 7.00. The lowest BCUT2D eigenvalue weighted by Gasteiger charge is -2.06. The summed E-state index contributed by atoms with van der Waals surface area (Å²) in [4.78, 5) is 0.310. The van der Waals surface area contributed by atoms with Crippen LogP contribution >= 0.6 is 12.2 Å². The largest absolute Gasteiger partial charge is 0.275 e. The fourth-order valence-electron chi connectivity index (χ4n) is 2.06. The Morgan fingerprint density at radius 1 is 1.04 bits per heavy atom. The summed E-state index contributed by atoms with van der Waals surface area (Å²) in [6.07, 6.45) is 1.52. The Morgan fingerprint density at radius 3 is 2.09 bits per heavy atom. The van der Waals surface area contributed by atoms with Crippen molar-refractivity contribution in [1.82, 2.24) is 14.8 Å². The number of sulfone groups is 1. The van der Waals surface area contributed by atoms with Crippen molar-refractivity contribution < 1.29 is 8.42 Å². The van der Waals surface area contributed by atoms with Crippen molar-refractivity contribution in [3.8, 4) is 11.8 Å². The summed E-state index contributed by atoms with van der Waals surface area (Å²) in [7, 11) is -3.63. The summed E-state index contributed by atoms with van der Waals surface area (Å²) in [5.41, 5.74) is 1.12. The summed E-state index contributed by atoms with van der Waals surface area (Å²) < 4.78 is 27.2. The van der Waals surface area contributed by atoms with Gasteiger partial charge in [-0.1, -0.05) is 0 Å². The summed E-state index contributed by atoms with van der Waals surface area (Å²) in [6.45, 7) is 0. The lowest BCUT2D eigenvalue weighted by molar-refractivity contribution is 0.596. The molecule has 0 bridgehead atoms. The summed E-state index contributed by atoms with van der Waals surface area (Å²) >= 11 is 5.07. The van der Waals surface area contributed by atoms with E-state index in [0.717, 1.165) is 0 Å². The number of hydrogen-bond acceptors (Lipinski definition) is 5. The molecule has 0 unspecified atom stereocenters. The molecule has 1 N–H and O–H groups in total. The quantitative estimate of drug-likeness (QED) is 0.739. The van der Waals surface area contributed by atoms with Crippen LogP contribution in [0.25, 0.3) is 5.69 Å². The van der Waals surface area contributed by atoms with E-state index < -0.39 is 9.84 Å². The first-order chi connectivity index (χ1) is 11.0. The van der Waals surface area contributed by atoms with Gasteiger partial charge in [0.1, 0.15) is 6.33 Å². The Bertz CT molecular complexity index is 1040. The fourth-order valence-corrected chi connectivity index (χ4v) is 3.53. The minimum absolute atomic E-state index is 0.143. The number of rotatable bonds is 3. The first kappa shape index (κ1) is 15.1. The van der Waals surface area contributed by atoms with Crippen LogP contribution in [0.1, 0.15) is 5.56 Å². The van der Waals surface area contributed by atoms with Crippen molar-refractivity contribution >= 4 is 22.1 Å². The van der Waals surface area contributed by atoms with E-state index in [1.165, 1.54) is 42.7 Å². The minimum atomic E-state index is -3.63. The molecule has 6 nitrogen and oxygen atoms in total. The maximum absolute atomic E-state index is 12.6. The van der Waals surface area contributed by atoms with Crippen LogP contribution in [0.15, 0.2) is 64.6 Å². The van der Waals surface area contributed by atoms with Crippen molar-refractivity contribution in [3.63, 3.8) is 0 Å². The van der Waals surface area contributed by atoms with E-state index in [1.54, 1.807) is 16.7 Å². The standard InChI is InChI=1S/C15H10N4O2S2/c16-9-11-1-5-13(6-2-11)23(20,21)14-7-3-12(4-8-14)19-10-17-18-15(19)22/h1-8,10H,(H,18,22). The Balaban J connectivity index is 1.99. The molecule has 0 spiro atoms. The number of nitrogens with zero attached hydrogens (tertiary/aromatic N) is 3. The van der Waals surface area contributed by atoms with Gasteiger partial charge < -0.3 is 0 Å². The fraction of sp³-hybridized carbons (Fsp3) is 0. The van der Waals surface area contributed by atoms with Crippen molar-refractivity contribution in [2.45, 2.75) is 9.79 Å². The van der Waals surface area contributed by atoms with Gasteiger partial charge >= 0.3 is 0 Å². The smallest absolute Gasteiger partial charge is 0.206 e. The van der Waals surface area contributed by atoms with Crippen LogP contribution in [0.5, 0.6) is 0 Å². The molecule has 0 aliphatic heterocycles. The molecule has 0 saturated heterocycles. The number of benzene rings is 2. The van der Waals surface area contributed by atoms with Crippen LogP contribution in [0.2, 0.25) is 0 Å². The zero-order valence-corrected chi connectivity index (χ0v) is 13.3. The van der Waals surface area contributed by atoms with Crippen molar-refractivity contribution in [3.05, 3.63) is 65.2 Å². The molecule has 0 saturated carbocycles. The Kier molecular flexibility index (Phi) is 3.82. The van der Waals surface area contributed by atoms with Gasteiger partial charge in [-0.3, -0.25) is 9.67 Å². The van der Waals surface area contributed by atoms with E-state index in [1.807, 2.05) is 6.07 Å². The third-order valence-electron chi connectivity index (χ3n) is 3.27. The van der Waals surface area contributed by atoms with Crippen LogP contribution in [0.4, 0.5) is 0 Å². The highest BCUT2D eigenvalue weighted by Crippen LogP contribution is 2.22. The molecule has 3 rings (SSSR count). The van der Waals surface area contributed by atoms with Crippen LogP contribution in [-0.4, -0.2) is 23.2 Å². The van der Waals surface area contributed by atoms with Gasteiger partial charge in [-0.05, 0) is 60.7 Å². The average Bonchev–Trinajstić information content (AvgIpc) is 3.01. The van der Waals surface area contributed by atoms with Crippen LogP contribution in [0, 0.1) is 16.1 Å². The Hall–Kier alpha value is -2.76. The van der Waals surface area contributed by atoms with Gasteiger partial charge in [0.2, 0.25) is 9.84 Å². The van der Waals surface area contributed by atoms with Crippen molar-refractivity contribution in [1.29, 1.82) is 5.26 Å². The SMILES string of the molecule is N#Cc1ccc(S(=O)(=O)c2ccc(-n3cn[nH]c3=S)cc2)cc1. The van der Waals surface area contributed by atoms with Gasteiger partial charge in [0.25, 0.3) is 0 Å². The van der Waals surface area contributed by atoms with E-state index in [9.17, 15) is 8.42 Å². The lowest BCUT2D eigenvalue weighted by Crippen LogP contribution is -2.02. The number of nitrogens with one attached hydrogen (secondary N) is 1. The number of aromatic nitrogens is 3. The normalized spacial score (nSPS) is 11.1. The maximum atomic E-state index is 12.6. The predicted octanol–water partition coefficient (Wildman–Crippen LogP) is 2.63. The molecule has 0 atom stereocenters. The van der Waals surface area contributed by atoms with E-state index in [0.29, 0.717) is 16.0 Å². The third kappa shape index (κ3) is 2.79. The van der Waals surface area contributed by atoms with E-state index in [-0.39, 0.29) is 9.79 Å². The molecule has 114 valence electrons. The van der Waals surface area contributed by atoms with E-state index >= 15 is 0 Å². The summed E-state index contributed by atoms with van der Waals surface area (Å²) in [5.74, 6) is 0. The van der Waals surface area contributed by atoms with Crippen LogP contribution in [0.3, 0.4) is 0 Å². The molecule has 23 heavy (non-hydrogen) atoms. The molecule has 0 aliphatic rings. The molecule has 8 heteroatoms. The molecular formula is C15H10N4O2S2. The first-order valence-corrected chi connectivity index (χ1v) is 8.39. The number of aromatic amines is 1. The van der Waals surface area contributed by atoms with Crippen LogP contribution < -0.4 is 0 Å². The highest BCUT2D eigenvalue weighted by molar-refractivity contribution is 7.91. The van der Waals surface area contributed by atoms with Gasteiger partial charge in [-0.2, -0.15) is 10.4 Å². The molecule has 0 radical (unpaired) electrons. The molecule has 1 aromatic heterocycles. The number of hydrogen-bond donors (Lipinski definition) is 1. The molecule has 0 fully saturated rings. The van der Waals surface area contributed by atoms with Crippen LogP contribution in [-0.2, 0) is 9.84 Å². The molecule has 0 aliphatic carbocycles. The predicted molar refractivity (Wildman–Crippen MR) is 85.4 cm³/mol. The van der Waals surface area contributed by atoms with E-state index in [2.05, 4.69) is 10.2 Å². The zero-order chi connectivity index (χ0) is 16.4. The second kappa shape index (κ2) is 5.79. The van der Waals surface area contributed by atoms with E-state index in [4.69, 9.17) is 17.5 Å². The molecule has 2 aromatic carbocycles. The summed E-state index contributed by atoms with van der Waals surface area (Å²) in [6, 6.07) is 14.1. The van der Waals surface area contributed by atoms with Crippen molar-refractivity contribution in [2.24, 2.45) is 0 Å². The Morgan fingerprint density at radius 2 is 1.61 bits per heavy atom. The van der Waals surface area contributed by atoms with Gasteiger partial charge in [0.15, 0.2) is 4.77 Å². The highest BCUT2D eigenvalue weighted by Gasteiger charge is 2.17. The van der Waals surface area contributed by atoms with Crippen molar-refractivity contribution in [2.75, 3.05) is 0 Å². The lowest BCUT2D eigenvalue weighted by atomic mass is 10.2. The van der Waals surface area contributed by atoms with Gasteiger partial charge in [-0.25, -0.2) is 8.42 Å². The van der Waals surface area contributed by atoms with Gasteiger partial charge in [0.05, 0.1) is 21.4 Å². The number of nitriles is 1. The molecule has 3 aromatic rings. The monoisotopic (exact) mass is 342 g/mol. The van der Waals surface area contributed by atoms with Gasteiger partial charge in [-0.15, -0.1) is 0 Å². The summed E-state index contributed by atoms with van der Waals surface area (Å²) in [5, 5.41) is 15.2. The van der Waals surface area contributed by atoms with Gasteiger partial charge in [0, 0.05) is 5.69 Å². The maximum Gasteiger partial charge on any atom is 0.206 e. The second-order valence-electron chi connectivity index (χ2n) is 4.67. The average molecular weight is 342 g/mol. The first-order valence-electron chi connectivity index (χ1n) is 6.50.